The van der Waals surface area contributed by atoms with Gasteiger partial charge in [0.1, 0.15) is 11.4 Å². The van der Waals surface area contributed by atoms with Crippen molar-refractivity contribution in [2.45, 2.75) is 6.42 Å². The van der Waals surface area contributed by atoms with Crippen molar-refractivity contribution in [3.63, 3.8) is 0 Å². The summed E-state index contributed by atoms with van der Waals surface area (Å²) < 4.78 is 7.64. The molecule has 2 heterocycles. The van der Waals surface area contributed by atoms with Gasteiger partial charge in [-0.05, 0) is 18.2 Å². The van der Waals surface area contributed by atoms with Crippen molar-refractivity contribution in [3.8, 4) is 11.6 Å². The molecule has 20 heavy (non-hydrogen) atoms. The molecule has 0 fully saturated rings. The second kappa shape index (κ2) is 5.05. The first-order chi connectivity index (χ1) is 9.74. The Morgan fingerprint density at radius 2 is 2.05 bits per heavy atom. The summed E-state index contributed by atoms with van der Waals surface area (Å²) in [5.41, 5.74) is 1.41. The number of para-hydroxylation sites is 1. The molecule has 0 spiro atoms. The first-order valence-electron chi connectivity index (χ1n) is 6.14. The third-order valence-electron chi connectivity index (χ3n) is 2.92. The molecular formula is C15H12N2O3. The van der Waals surface area contributed by atoms with E-state index in [1.807, 2.05) is 24.3 Å². The molecule has 2 aromatic heterocycles. The normalized spacial score (nSPS) is 10.6. The Kier molecular flexibility index (Phi) is 3.09. The minimum Gasteiger partial charge on any atom is -0.481 e. The molecule has 0 unspecified atom stereocenters. The van der Waals surface area contributed by atoms with Crippen LogP contribution in [0.1, 0.15) is 5.56 Å². The highest BCUT2D eigenvalue weighted by molar-refractivity contribution is 5.71. The van der Waals surface area contributed by atoms with Crippen molar-refractivity contribution in [3.05, 3.63) is 60.4 Å². The van der Waals surface area contributed by atoms with Gasteiger partial charge in [-0.1, -0.05) is 24.3 Å². The number of aliphatic carboxylic acids is 1. The molecule has 0 amide bonds. The van der Waals surface area contributed by atoms with Crippen LogP contribution < -0.4 is 4.74 Å². The summed E-state index contributed by atoms with van der Waals surface area (Å²) in [6.07, 6.45) is 3.41. The minimum atomic E-state index is -0.887. The number of imidazole rings is 1. The van der Waals surface area contributed by atoms with E-state index in [1.54, 1.807) is 35.0 Å². The number of rotatable bonds is 4. The molecule has 3 aromatic rings. The maximum atomic E-state index is 10.9. The monoisotopic (exact) mass is 268 g/mol. The van der Waals surface area contributed by atoms with Gasteiger partial charge in [-0.2, -0.15) is 0 Å². The van der Waals surface area contributed by atoms with Crippen LogP contribution in [0.2, 0.25) is 0 Å². The van der Waals surface area contributed by atoms with Gasteiger partial charge in [-0.3, -0.25) is 9.20 Å². The fourth-order valence-electron chi connectivity index (χ4n) is 2.03. The van der Waals surface area contributed by atoms with E-state index in [1.165, 1.54) is 0 Å². The highest BCUT2D eigenvalue weighted by atomic mass is 16.5. The summed E-state index contributed by atoms with van der Waals surface area (Å²) in [6.45, 7) is 0. The van der Waals surface area contributed by atoms with E-state index < -0.39 is 5.97 Å². The molecule has 1 N–H and O–H groups in total. The van der Waals surface area contributed by atoms with Gasteiger partial charge >= 0.3 is 5.97 Å². The van der Waals surface area contributed by atoms with Crippen LogP contribution in [-0.4, -0.2) is 20.5 Å². The molecule has 0 saturated heterocycles. The third-order valence-corrected chi connectivity index (χ3v) is 2.92. The topological polar surface area (TPSA) is 63.8 Å². The van der Waals surface area contributed by atoms with Gasteiger partial charge in [0.25, 0.3) is 0 Å². The van der Waals surface area contributed by atoms with Crippen LogP contribution in [0.5, 0.6) is 11.6 Å². The number of carbonyl (C=O) groups is 1. The zero-order valence-electron chi connectivity index (χ0n) is 10.6. The standard InChI is InChI=1S/C15H12N2O3/c18-15(19)10-11-4-1-2-5-12(11)20-14-7-3-6-13-16-8-9-17(13)14/h1-9H,10H2,(H,18,19). The molecule has 0 aliphatic rings. The van der Waals surface area contributed by atoms with E-state index in [-0.39, 0.29) is 6.42 Å². The average Bonchev–Trinajstić information content (AvgIpc) is 2.90. The fraction of sp³-hybridized carbons (Fsp3) is 0.0667. The largest absolute Gasteiger partial charge is 0.481 e. The second-order valence-corrected chi connectivity index (χ2v) is 4.30. The molecule has 5 heteroatoms. The highest BCUT2D eigenvalue weighted by Crippen LogP contribution is 2.26. The van der Waals surface area contributed by atoms with Gasteiger partial charge in [0.05, 0.1) is 6.42 Å². The molecule has 0 saturated carbocycles. The number of hydrogen-bond acceptors (Lipinski definition) is 3. The Morgan fingerprint density at radius 3 is 2.90 bits per heavy atom. The number of ether oxygens (including phenoxy) is 1. The first kappa shape index (κ1) is 12.2. The van der Waals surface area contributed by atoms with Crippen LogP contribution in [0, 0.1) is 0 Å². The number of carboxylic acids is 1. The van der Waals surface area contributed by atoms with Crippen LogP contribution in [0.4, 0.5) is 0 Å². The Hall–Kier alpha value is -2.82. The third kappa shape index (κ3) is 2.33. The molecule has 0 atom stereocenters. The van der Waals surface area contributed by atoms with Crippen LogP contribution >= 0.6 is 0 Å². The molecule has 1 aromatic carbocycles. The van der Waals surface area contributed by atoms with Gasteiger partial charge in [-0.15, -0.1) is 0 Å². The summed E-state index contributed by atoms with van der Waals surface area (Å²) in [4.78, 5) is 15.1. The van der Waals surface area contributed by atoms with Crippen molar-refractivity contribution >= 4 is 11.6 Å². The van der Waals surface area contributed by atoms with Crippen LogP contribution in [0.3, 0.4) is 0 Å². The Morgan fingerprint density at radius 1 is 1.20 bits per heavy atom. The summed E-state index contributed by atoms with van der Waals surface area (Å²) in [5.74, 6) is 0.246. The van der Waals surface area contributed by atoms with E-state index in [4.69, 9.17) is 9.84 Å². The molecule has 0 aliphatic heterocycles. The van der Waals surface area contributed by atoms with Crippen LogP contribution in [-0.2, 0) is 11.2 Å². The van der Waals surface area contributed by atoms with Crippen molar-refractivity contribution in [2.75, 3.05) is 0 Å². The average molecular weight is 268 g/mol. The fourth-order valence-corrected chi connectivity index (χ4v) is 2.03. The van der Waals surface area contributed by atoms with E-state index >= 15 is 0 Å². The Balaban J connectivity index is 1.99. The maximum Gasteiger partial charge on any atom is 0.307 e. The predicted molar refractivity (Wildman–Crippen MR) is 73.0 cm³/mol. The van der Waals surface area contributed by atoms with Crippen molar-refractivity contribution in [2.24, 2.45) is 0 Å². The van der Waals surface area contributed by atoms with Gasteiger partial charge in [0, 0.05) is 18.0 Å². The lowest BCUT2D eigenvalue weighted by molar-refractivity contribution is -0.136. The SMILES string of the molecule is O=C(O)Cc1ccccc1Oc1cccc2nccn12. The molecular weight excluding hydrogens is 256 g/mol. The Bertz CT molecular complexity index is 764. The van der Waals surface area contributed by atoms with Crippen molar-refractivity contribution in [1.82, 2.24) is 9.38 Å². The Labute approximate surface area is 115 Å². The van der Waals surface area contributed by atoms with Crippen LogP contribution in [0.15, 0.2) is 54.9 Å². The second-order valence-electron chi connectivity index (χ2n) is 4.30. The first-order valence-corrected chi connectivity index (χ1v) is 6.14. The summed E-state index contributed by atoms with van der Waals surface area (Å²) in [6, 6.07) is 12.6. The zero-order valence-corrected chi connectivity index (χ0v) is 10.6. The zero-order chi connectivity index (χ0) is 13.9. The maximum absolute atomic E-state index is 10.9. The van der Waals surface area contributed by atoms with Crippen LogP contribution in [0.25, 0.3) is 5.65 Å². The molecule has 0 bridgehead atoms. The van der Waals surface area contributed by atoms with Gasteiger partial charge in [0.15, 0.2) is 0 Å². The molecule has 100 valence electrons. The van der Waals surface area contributed by atoms with E-state index in [0.717, 1.165) is 5.65 Å². The highest BCUT2D eigenvalue weighted by Gasteiger charge is 2.09. The number of fused-ring (bicyclic) bond motifs is 1. The van der Waals surface area contributed by atoms with E-state index in [2.05, 4.69) is 4.98 Å². The van der Waals surface area contributed by atoms with Gasteiger partial charge in [-0.25, -0.2) is 4.98 Å². The molecule has 0 radical (unpaired) electrons. The lowest BCUT2D eigenvalue weighted by Gasteiger charge is -2.11. The van der Waals surface area contributed by atoms with E-state index in [9.17, 15) is 4.79 Å². The number of nitrogens with zero attached hydrogens (tertiary/aromatic N) is 2. The summed E-state index contributed by atoms with van der Waals surface area (Å²) in [7, 11) is 0. The number of hydrogen-bond donors (Lipinski definition) is 1. The van der Waals surface area contributed by atoms with Crippen molar-refractivity contribution in [1.29, 1.82) is 0 Å². The number of aromatic nitrogens is 2. The lowest BCUT2D eigenvalue weighted by Crippen LogP contribution is -2.02. The predicted octanol–water partition coefficient (Wildman–Crippen LogP) is 2.75. The quantitative estimate of drug-likeness (QED) is 0.790. The molecule has 0 aliphatic carbocycles. The van der Waals surface area contributed by atoms with E-state index in [0.29, 0.717) is 17.2 Å². The summed E-state index contributed by atoms with van der Waals surface area (Å²) >= 11 is 0. The number of pyridine rings is 1. The minimum absolute atomic E-state index is 0.0733. The number of carboxylic acid groups (broad SMARTS) is 1. The molecule has 3 rings (SSSR count). The van der Waals surface area contributed by atoms with Gasteiger partial charge < -0.3 is 9.84 Å². The molecule has 5 nitrogen and oxygen atoms in total. The van der Waals surface area contributed by atoms with Gasteiger partial charge in [0.2, 0.25) is 5.88 Å². The summed E-state index contributed by atoms with van der Waals surface area (Å²) in [5, 5.41) is 8.93. The van der Waals surface area contributed by atoms with Crippen molar-refractivity contribution < 1.29 is 14.6 Å². The lowest BCUT2D eigenvalue weighted by atomic mass is 10.1. The number of benzene rings is 1. The smallest absolute Gasteiger partial charge is 0.307 e.